The number of urea groups is 1. The molecule has 4 atom stereocenters. The van der Waals surface area contributed by atoms with E-state index in [9.17, 15) is 4.79 Å². The van der Waals surface area contributed by atoms with Crippen molar-refractivity contribution < 1.29 is 4.79 Å². The van der Waals surface area contributed by atoms with E-state index in [0.29, 0.717) is 18.1 Å². The molecule has 0 unspecified atom stereocenters. The van der Waals surface area contributed by atoms with Crippen molar-refractivity contribution in [3.05, 3.63) is 65.7 Å². The Morgan fingerprint density at radius 2 is 1.69 bits per heavy atom. The molecule has 35 heavy (non-hydrogen) atoms. The van der Waals surface area contributed by atoms with Gasteiger partial charge in [0.05, 0.1) is 11.6 Å². The molecule has 2 saturated heterocycles. The van der Waals surface area contributed by atoms with Crippen molar-refractivity contribution in [3.8, 4) is 0 Å². The standard InChI is InChI=1S/C29H33N5O/c35-29(31-21-16-23-10-11-24(17-21)34(23)22-8-9-22)30-20-7-13-26-19(15-20)6-14-28(32-26)33-27-12-5-18-3-1-2-4-25(18)27/h1-4,6-7,13-15,21-24,27H,5,8-12,16-17H2,(H,32,33)(H2,30,31,35)/t21-,23-,24+,27-/m1/s1. The monoisotopic (exact) mass is 467 g/mol. The number of carbonyl (C=O) groups is 1. The Labute approximate surface area is 206 Å². The number of benzene rings is 2. The SMILES string of the molecule is O=C(Nc1ccc2nc(N[C@@H]3CCc4ccccc43)ccc2c1)N[C@@H]1C[C@H]2CC[C@@H](C1)N2C1CC1. The van der Waals surface area contributed by atoms with E-state index in [1.54, 1.807) is 0 Å². The number of pyridine rings is 1. The molecule has 3 N–H and O–H groups in total. The summed E-state index contributed by atoms with van der Waals surface area (Å²) in [7, 11) is 0. The lowest BCUT2D eigenvalue weighted by Crippen LogP contribution is -2.51. The zero-order valence-electron chi connectivity index (χ0n) is 20.0. The first kappa shape index (κ1) is 21.2. The number of aryl methyl sites for hydroxylation is 1. The molecule has 0 radical (unpaired) electrons. The number of amides is 2. The predicted molar refractivity (Wildman–Crippen MR) is 140 cm³/mol. The molecular formula is C29H33N5O. The summed E-state index contributed by atoms with van der Waals surface area (Å²) in [6.45, 7) is 0. The molecule has 6 nitrogen and oxygen atoms in total. The van der Waals surface area contributed by atoms with E-state index in [1.807, 2.05) is 24.3 Å². The van der Waals surface area contributed by atoms with Crippen molar-refractivity contribution in [2.75, 3.05) is 10.6 Å². The zero-order chi connectivity index (χ0) is 23.4. The zero-order valence-corrected chi connectivity index (χ0v) is 20.0. The smallest absolute Gasteiger partial charge is 0.319 e. The summed E-state index contributed by atoms with van der Waals surface area (Å²) in [5.41, 5.74) is 4.55. The molecule has 3 fully saturated rings. The lowest BCUT2D eigenvalue weighted by molar-refractivity contribution is 0.111. The molecule has 2 aromatic carbocycles. The fourth-order valence-corrected chi connectivity index (χ4v) is 6.82. The number of fused-ring (bicyclic) bond motifs is 4. The van der Waals surface area contributed by atoms with Crippen LogP contribution in [0.4, 0.5) is 16.3 Å². The van der Waals surface area contributed by atoms with E-state index in [-0.39, 0.29) is 12.1 Å². The minimum absolute atomic E-state index is 0.0974. The van der Waals surface area contributed by atoms with Gasteiger partial charge in [-0.3, -0.25) is 4.90 Å². The van der Waals surface area contributed by atoms with Gasteiger partial charge < -0.3 is 16.0 Å². The van der Waals surface area contributed by atoms with Gasteiger partial charge in [0.15, 0.2) is 0 Å². The Morgan fingerprint density at radius 3 is 2.51 bits per heavy atom. The number of aromatic nitrogens is 1. The van der Waals surface area contributed by atoms with Crippen molar-refractivity contribution in [2.45, 2.75) is 81.6 Å². The van der Waals surface area contributed by atoms with E-state index in [2.05, 4.69) is 51.2 Å². The van der Waals surface area contributed by atoms with Crippen LogP contribution >= 0.6 is 0 Å². The van der Waals surface area contributed by atoms with Crippen molar-refractivity contribution in [3.63, 3.8) is 0 Å². The lowest BCUT2D eigenvalue weighted by Gasteiger charge is -2.39. The number of anilines is 2. The van der Waals surface area contributed by atoms with Gasteiger partial charge in [0.2, 0.25) is 0 Å². The topological polar surface area (TPSA) is 69.3 Å². The van der Waals surface area contributed by atoms with Gasteiger partial charge in [-0.2, -0.15) is 0 Å². The molecule has 7 rings (SSSR count). The second-order valence-electron chi connectivity index (χ2n) is 10.9. The van der Waals surface area contributed by atoms with Gasteiger partial charge in [-0.25, -0.2) is 9.78 Å². The largest absolute Gasteiger partial charge is 0.363 e. The summed E-state index contributed by atoms with van der Waals surface area (Å²) in [4.78, 5) is 20.4. The minimum atomic E-state index is -0.0974. The maximum Gasteiger partial charge on any atom is 0.319 e. The number of piperidine rings is 1. The molecule has 2 amide bonds. The normalized spacial score (nSPS) is 27.5. The first-order valence-electron chi connectivity index (χ1n) is 13.3. The molecule has 1 aromatic heterocycles. The molecule has 3 heterocycles. The van der Waals surface area contributed by atoms with Crippen LogP contribution in [0.2, 0.25) is 0 Å². The van der Waals surface area contributed by atoms with Gasteiger partial charge in [0.25, 0.3) is 0 Å². The number of nitrogens with one attached hydrogen (secondary N) is 3. The Balaban J connectivity index is 0.986. The van der Waals surface area contributed by atoms with E-state index < -0.39 is 0 Å². The molecule has 4 aliphatic rings. The van der Waals surface area contributed by atoms with Crippen LogP contribution in [0.15, 0.2) is 54.6 Å². The van der Waals surface area contributed by atoms with Crippen LogP contribution in [0.25, 0.3) is 10.9 Å². The highest BCUT2D eigenvalue weighted by Crippen LogP contribution is 2.43. The third-order valence-corrected chi connectivity index (χ3v) is 8.50. The number of carbonyl (C=O) groups excluding carboxylic acids is 1. The van der Waals surface area contributed by atoms with Gasteiger partial charge in [-0.1, -0.05) is 24.3 Å². The van der Waals surface area contributed by atoms with Gasteiger partial charge in [0, 0.05) is 35.2 Å². The number of rotatable bonds is 5. The van der Waals surface area contributed by atoms with Crippen molar-refractivity contribution in [2.24, 2.45) is 0 Å². The Kier molecular flexibility index (Phi) is 5.16. The van der Waals surface area contributed by atoms with E-state index in [4.69, 9.17) is 4.98 Å². The summed E-state index contributed by atoms with van der Waals surface area (Å²) < 4.78 is 0. The second-order valence-corrected chi connectivity index (χ2v) is 10.9. The third kappa shape index (κ3) is 4.14. The van der Waals surface area contributed by atoms with Gasteiger partial charge in [0.1, 0.15) is 5.82 Å². The highest BCUT2D eigenvalue weighted by atomic mass is 16.2. The van der Waals surface area contributed by atoms with E-state index in [1.165, 1.54) is 36.8 Å². The van der Waals surface area contributed by atoms with Gasteiger partial charge in [-0.05, 0) is 92.8 Å². The molecule has 180 valence electrons. The molecule has 1 saturated carbocycles. The summed E-state index contributed by atoms with van der Waals surface area (Å²) in [6.07, 6.45) is 9.71. The van der Waals surface area contributed by atoms with Crippen LogP contribution in [0, 0.1) is 0 Å². The molecule has 3 aromatic rings. The van der Waals surface area contributed by atoms with E-state index in [0.717, 1.165) is 54.1 Å². The van der Waals surface area contributed by atoms with Crippen LogP contribution < -0.4 is 16.0 Å². The number of nitrogens with zero attached hydrogens (tertiary/aromatic N) is 2. The highest BCUT2D eigenvalue weighted by Gasteiger charge is 2.47. The molecule has 6 heteroatoms. The van der Waals surface area contributed by atoms with Gasteiger partial charge >= 0.3 is 6.03 Å². The Hall–Kier alpha value is -3.12. The van der Waals surface area contributed by atoms with Crippen molar-refractivity contribution in [1.29, 1.82) is 0 Å². The molecule has 0 spiro atoms. The maximum atomic E-state index is 12.8. The number of hydrogen-bond acceptors (Lipinski definition) is 4. The van der Waals surface area contributed by atoms with Gasteiger partial charge in [-0.15, -0.1) is 0 Å². The predicted octanol–water partition coefficient (Wildman–Crippen LogP) is 5.61. The third-order valence-electron chi connectivity index (χ3n) is 8.50. The fraction of sp³-hybridized carbons (Fsp3) is 0.448. The van der Waals surface area contributed by atoms with Crippen LogP contribution in [-0.4, -0.2) is 40.1 Å². The average Bonchev–Trinajstić information content (AvgIpc) is 3.57. The Bertz CT molecular complexity index is 1260. The summed E-state index contributed by atoms with van der Waals surface area (Å²) >= 11 is 0. The molecule has 2 bridgehead atoms. The summed E-state index contributed by atoms with van der Waals surface area (Å²) in [5, 5.41) is 10.9. The summed E-state index contributed by atoms with van der Waals surface area (Å²) in [6, 6.07) is 21.4. The highest BCUT2D eigenvalue weighted by molar-refractivity contribution is 5.93. The first-order valence-corrected chi connectivity index (χ1v) is 13.3. The van der Waals surface area contributed by atoms with Crippen LogP contribution in [0.3, 0.4) is 0 Å². The molecule has 2 aliphatic heterocycles. The molecular weight excluding hydrogens is 434 g/mol. The van der Waals surface area contributed by atoms with E-state index >= 15 is 0 Å². The molecule has 2 aliphatic carbocycles. The quantitative estimate of drug-likeness (QED) is 0.456. The average molecular weight is 468 g/mol. The number of hydrogen-bond donors (Lipinski definition) is 3. The van der Waals surface area contributed by atoms with Crippen molar-refractivity contribution >= 4 is 28.4 Å². The fourth-order valence-electron chi connectivity index (χ4n) is 6.82. The lowest BCUT2D eigenvalue weighted by atomic mass is 9.97. The van der Waals surface area contributed by atoms with Crippen LogP contribution in [0.1, 0.15) is 62.1 Å². The maximum absolute atomic E-state index is 12.8. The minimum Gasteiger partial charge on any atom is -0.363 e. The first-order chi connectivity index (χ1) is 17.2. The van der Waals surface area contributed by atoms with Crippen LogP contribution in [0.5, 0.6) is 0 Å². The summed E-state index contributed by atoms with van der Waals surface area (Å²) in [5.74, 6) is 0.893. The second kappa shape index (κ2) is 8.52. The van der Waals surface area contributed by atoms with Crippen molar-refractivity contribution in [1.82, 2.24) is 15.2 Å². The van der Waals surface area contributed by atoms with Crippen LogP contribution in [-0.2, 0) is 6.42 Å². The Morgan fingerprint density at radius 1 is 0.886 bits per heavy atom.